The summed E-state index contributed by atoms with van der Waals surface area (Å²) in [7, 11) is -3.55. The molecule has 1 atom stereocenters. The van der Waals surface area contributed by atoms with E-state index in [1.807, 2.05) is 13.8 Å². The molecule has 132 valence electrons. The Morgan fingerprint density at radius 2 is 1.83 bits per heavy atom. The van der Waals surface area contributed by atoms with Crippen LogP contribution >= 0.6 is 0 Å². The normalized spacial score (nSPS) is 19.6. The van der Waals surface area contributed by atoms with Gasteiger partial charge in [0.25, 0.3) is 10.1 Å². The van der Waals surface area contributed by atoms with Crippen molar-refractivity contribution in [2.24, 2.45) is 5.41 Å². The van der Waals surface area contributed by atoms with Crippen LogP contribution in [-0.2, 0) is 23.9 Å². The average Bonchev–Trinajstić information content (AvgIpc) is 2.47. The highest BCUT2D eigenvalue weighted by atomic mass is 32.2. The van der Waals surface area contributed by atoms with Gasteiger partial charge in [0.15, 0.2) is 0 Å². The van der Waals surface area contributed by atoms with Crippen LogP contribution in [0.15, 0.2) is 12.2 Å². The maximum Gasteiger partial charge on any atom is 0.264 e. The van der Waals surface area contributed by atoms with E-state index in [0.29, 0.717) is 44.9 Å². The molecule has 0 saturated heterocycles. The van der Waals surface area contributed by atoms with Gasteiger partial charge in [0.1, 0.15) is 11.6 Å². The number of hydrogen-bond acceptors (Lipinski definition) is 5. The molecule has 0 aromatic heterocycles. The number of rotatable bonds is 9. The van der Waals surface area contributed by atoms with Crippen LogP contribution in [-0.4, -0.2) is 32.3 Å². The van der Waals surface area contributed by atoms with E-state index < -0.39 is 21.6 Å². The summed E-state index contributed by atoms with van der Waals surface area (Å²) >= 11 is 0. The van der Waals surface area contributed by atoms with Crippen LogP contribution < -0.4 is 0 Å². The molecule has 0 aromatic rings. The highest BCUT2D eigenvalue weighted by Crippen LogP contribution is 2.41. The van der Waals surface area contributed by atoms with E-state index in [1.54, 1.807) is 0 Å². The molecule has 6 heteroatoms. The largest absolute Gasteiger partial charge is 0.299 e. The minimum Gasteiger partial charge on any atom is -0.299 e. The molecule has 5 nitrogen and oxygen atoms in total. The van der Waals surface area contributed by atoms with E-state index in [9.17, 15) is 18.0 Å². The van der Waals surface area contributed by atoms with E-state index >= 15 is 0 Å². The molecule has 0 aliphatic heterocycles. The zero-order valence-corrected chi connectivity index (χ0v) is 15.2. The summed E-state index contributed by atoms with van der Waals surface area (Å²) in [5.74, 6) is -0.0601. The molecular weight excluding hydrogens is 316 g/mol. The van der Waals surface area contributed by atoms with Crippen molar-refractivity contribution in [2.75, 3.05) is 6.26 Å². The van der Waals surface area contributed by atoms with E-state index in [-0.39, 0.29) is 11.6 Å². The number of carbonyl (C=O) groups is 2. The summed E-state index contributed by atoms with van der Waals surface area (Å²) in [5, 5.41) is 0. The molecule has 1 saturated carbocycles. The maximum absolute atomic E-state index is 12.5. The number of Topliss-reactive ketones (excluding diaryl/α,β-unsaturated/α-hetero) is 2. The molecule has 1 fully saturated rings. The minimum atomic E-state index is -3.55. The van der Waals surface area contributed by atoms with E-state index in [4.69, 9.17) is 4.18 Å². The molecule has 1 unspecified atom stereocenters. The quantitative estimate of drug-likeness (QED) is 0.365. The zero-order valence-electron chi connectivity index (χ0n) is 14.4. The molecule has 0 N–H and O–H groups in total. The molecule has 1 rings (SSSR count). The zero-order chi connectivity index (χ0) is 17.7. The summed E-state index contributed by atoms with van der Waals surface area (Å²) in [6.45, 7) is 7.74. The molecular formula is C17H28O5S. The highest BCUT2D eigenvalue weighted by Gasteiger charge is 2.46. The molecule has 1 aliphatic rings. The number of allylic oxidation sites excluding steroid dienone is 1. The van der Waals surface area contributed by atoms with Gasteiger partial charge in [0, 0.05) is 12.8 Å². The van der Waals surface area contributed by atoms with Gasteiger partial charge in [0.2, 0.25) is 0 Å². The van der Waals surface area contributed by atoms with Gasteiger partial charge >= 0.3 is 0 Å². The lowest BCUT2D eigenvalue weighted by Crippen LogP contribution is -2.43. The van der Waals surface area contributed by atoms with Crippen LogP contribution in [0.3, 0.4) is 0 Å². The summed E-state index contributed by atoms with van der Waals surface area (Å²) < 4.78 is 27.7. The van der Waals surface area contributed by atoms with Crippen LogP contribution in [0.2, 0.25) is 0 Å². The Labute approximate surface area is 139 Å². The SMILES string of the molecule is C=C(CC)CC1(CCC(CC)OS(C)(=O)=O)C(=O)CCCC1=O. The van der Waals surface area contributed by atoms with Gasteiger partial charge in [-0.3, -0.25) is 13.8 Å². The minimum absolute atomic E-state index is 0.0300. The monoisotopic (exact) mass is 344 g/mol. The van der Waals surface area contributed by atoms with Crippen LogP contribution in [0.25, 0.3) is 0 Å². The molecule has 0 heterocycles. The number of carbonyl (C=O) groups excluding carboxylic acids is 2. The number of ketones is 2. The van der Waals surface area contributed by atoms with Gasteiger partial charge in [-0.2, -0.15) is 8.42 Å². The molecule has 23 heavy (non-hydrogen) atoms. The maximum atomic E-state index is 12.5. The van der Waals surface area contributed by atoms with Crippen LogP contribution in [0.1, 0.15) is 65.2 Å². The molecule has 0 amide bonds. The van der Waals surface area contributed by atoms with Gasteiger partial charge in [-0.25, -0.2) is 0 Å². The van der Waals surface area contributed by atoms with Crippen LogP contribution in [0.4, 0.5) is 0 Å². The summed E-state index contributed by atoms with van der Waals surface area (Å²) in [6.07, 6.45) is 4.25. The van der Waals surface area contributed by atoms with Gasteiger partial charge < -0.3 is 0 Å². The van der Waals surface area contributed by atoms with Crippen LogP contribution in [0.5, 0.6) is 0 Å². The summed E-state index contributed by atoms with van der Waals surface area (Å²) in [4.78, 5) is 25.1. The van der Waals surface area contributed by atoms with Gasteiger partial charge in [-0.05, 0) is 38.5 Å². The third-order valence-electron chi connectivity index (χ3n) is 4.59. The summed E-state index contributed by atoms with van der Waals surface area (Å²) in [5.41, 5.74) is -0.148. The molecule has 0 radical (unpaired) electrons. The molecule has 1 aliphatic carbocycles. The first kappa shape index (κ1) is 20.0. The highest BCUT2D eigenvalue weighted by molar-refractivity contribution is 7.86. The van der Waals surface area contributed by atoms with Crippen molar-refractivity contribution in [3.8, 4) is 0 Å². The van der Waals surface area contributed by atoms with Crippen molar-refractivity contribution in [1.29, 1.82) is 0 Å². The first-order chi connectivity index (χ1) is 10.6. The fourth-order valence-corrected chi connectivity index (χ4v) is 3.86. The van der Waals surface area contributed by atoms with Crippen LogP contribution in [0, 0.1) is 5.41 Å². The lowest BCUT2D eigenvalue weighted by Gasteiger charge is -2.35. The van der Waals surface area contributed by atoms with E-state index in [1.165, 1.54) is 0 Å². The standard InChI is InChI=1S/C17H28O5S/c1-5-13(3)12-17(15(18)8-7-9-16(17)19)11-10-14(6-2)22-23(4,20)21/h14H,3,5-12H2,1-2,4H3. The third kappa shape index (κ3) is 5.53. The lowest BCUT2D eigenvalue weighted by molar-refractivity contribution is -0.144. The van der Waals surface area contributed by atoms with Crippen molar-refractivity contribution < 1.29 is 22.2 Å². The predicted octanol–water partition coefficient (Wildman–Crippen LogP) is 3.19. The van der Waals surface area contributed by atoms with Gasteiger partial charge in [-0.15, -0.1) is 0 Å². The van der Waals surface area contributed by atoms with Crippen molar-refractivity contribution >= 4 is 21.7 Å². The lowest BCUT2D eigenvalue weighted by atomic mass is 9.65. The van der Waals surface area contributed by atoms with E-state index in [2.05, 4.69) is 6.58 Å². The second-order valence-electron chi connectivity index (χ2n) is 6.43. The fraction of sp³-hybridized carbons (Fsp3) is 0.765. The first-order valence-electron chi connectivity index (χ1n) is 8.26. The predicted molar refractivity (Wildman–Crippen MR) is 89.6 cm³/mol. The van der Waals surface area contributed by atoms with Crippen molar-refractivity contribution in [3.63, 3.8) is 0 Å². The second kappa shape index (κ2) is 8.20. The summed E-state index contributed by atoms with van der Waals surface area (Å²) in [6, 6.07) is 0. The van der Waals surface area contributed by atoms with E-state index in [0.717, 1.165) is 18.2 Å². The first-order valence-corrected chi connectivity index (χ1v) is 10.1. The smallest absolute Gasteiger partial charge is 0.264 e. The number of hydrogen-bond donors (Lipinski definition) is 0. The van der Waals surface area contributed by atoms with Gasteiger partial charge in [-0.1, -0.05) is 26.0 Å². The van der Waals surface area contributed by atoms with Crippen molar-refractivity contribution in [2.45, 2.75) is 71.3 Å². The Bertz CT molecular complexity index is 546. The third-order valence-corrected chi connectivity index (χ3v) is 5.21. The Balaban J connectivity index is 2.94. The molecule has 0 spiro atoms. The van der Waals surface area contributed by atoms with Crippen molar-refractivity contribution in [3.05, 3.63) is 12.2 Å². The Kier molecular flexibility index (Phi) is 7.14. The average molecular weight is 344 g/mol. The fourth-order valence-electron chi connectivity index (χ4n) is 3.13. The Hall–Kier alpha value is -1.01. The van der Waals surface area contributed by atoms with Crippen molar-refractivity contribution in [1.82, 2.24) is 0 Å². The Morgan fingerprint density at radius 3 is 2.26 bits per heavy atom. The second-order valence-corrected chi connectivity index (χ2v) is 8.03. The molecule has 0 aromatic carbocycles. The Morgan fingerprint density at radius 1 is 1.26 bits per heavy atom. The topological polar surface area (TPSA) is 77.5 Å². The molecule has 0 bridgehead atoms. The van der Waals surface area contributed by atoms with Gasteiger partial charge in [0.05, 0.1) is 17.8 Å².